The van der Waals surface area contributed by atoms with Gasteiger partial charge in [-0.2, -0.15) is 0 Å². The summed E-state index contributed by atoms with van der Waals surface area (Å²) in [4.78, 5) is 1.27. The minimum absolute atomic E-state index is 0.123. The summed E-state index contributed by atoms with van der Waals surface area (Å²) in [7, 11) is 0. The molecule has 18 heavy (non-hydrogen) atoms. The van der Waals surface area contributed by atoms with Crippen molar-refractivity contribution in [2.45, 2.75) is 13.0 Å². The Morgan fingerprint density at radius 3 is 2.61 bits per heavy atom. The van der Waals surface area contributed by atoms with Crippen molar-refractivity contribution in [2.75, 3.05) is 6.54 Å². The summed E-state index contributed by atoms with van der Waals surface area (Å²) >= 11 is 7.02. The topological polar surface area (TPSA) is 24.1 Å². The van der Waals surface area contributed by atoms with E-state index >= 15 is 0 Å². The number of hydrogen-bond acceptors (Lipinski definition) is 2. The second-order valence-corrected chi connectivity index (χ2v) is 5.25. The summed E-state index contributed by atoms with van der Waals surface area (Å²) in [5.41, 5.74) is 1.22. The molecule has 0 unspecified atom stereocenters. The molecule has 0 amide bonds. The monoisotopic (exact) mass is 276 g/mol. The Hall–Kier alpha value is -1.39. The molecule has 2 N–H and O–H groups in total. The van der Waals surface area contributed by atoms with E-state index in [1.54, 1.807) is 11.3 Å². The van der Waals surface area contributed by atoms with E-state index in [9.17, 15) is 0 Å². The maximum Gasteiger partial charge on any atom is 0.167 e. The number of thiocarbonyl (C=S) groups is 1. The van der Waals surface area contributed by atoms with Gasteiger partial charge in [0.15, 0.2) is 5.11 Å². The predicted molar refractivity (Wildman–Crippen MR) is 82.0 cm³/mol. The van der Waals surface area contributed by atoms with Gasteiger partial charge in [-0.1, -0.05) is 36.4 Å². The molecule has 1 atom stereocenters. The molecule has 94 valence electrons. The van der Waals surface area contributed by atoms with E-state index in [1.807, 2.05) is 25.1 Å². The van der Waals surface area contributed by atoms with E-state index in [-0.39, 0.29) is 6.04 Å². The zero-order chi connectivity index (χ0) is 12.8. The fraction of sp³-hybridized carbons (Fsp3) is 0.214. The lowest BCUT2D eigenvalue weighted by atomic mass is 10.1. The molecule has 0 aliphatic rings. The highest BCUT2D eigenvalue weighted by Gasteiger charge is 2.15. The summed E-state index contributed by atoms with van der Waals surface area (Å²) in [6, 6.07) is 14.7. The lowest BCUT2D eigenvalue weighted by Gasteiger charge is -2.20. The van der Waals surface area contributed by atoms with Gasteiger partial charge in [-0.3, -0.25) is 0 Å². The molecule has 2 aromatic rings. The van der Waals surface area contributed by atoms with Crippen LogP contribution in [0.25, 0.3) is 0 Å². The van der Waals surface area contributed by atoms with Crippen molar-refractivity contribution >= 4 is 28.7 Å². The van der Waals surface area contributed by atoms with Gasteiger partial charge >= 0.3 is 0 Å². The van der Waals surface area contributed by atoms with Crippen molar-refractivity contribution in [2.24, 2.45) is 0 Å². The van der Waals surface area contributed by atoms with Crippen LogP contribution in [0.1, 0.15) is 23.4 Å². The first-order valence-corrected chi connectivity index (χ1v) is 7.22. The first kappa shape index (κ1) is 13.1. The zero-order valence-corrected chi connectivity index (χ0v) is 11.9. The van der Waals surface area contributed by atoms with Crippen LogP contribution in [-0.4, -0.2) is 11.7 Å². The van der Waals surface area contributed by atoms with Crippen LogP contribution in [0.3, 0.4) is 0 Å². The van der Waals surface area contributed by atoms with Crippen molar-refractivity contribution in [1.82, 2.24) is 10.6 Å². The van der Waals surface area contributed by atoms with E-state index in [0.29, 0.717) is 5.11 Å². The highest BCUT2D eigenvalue weighted by molar-refractivity contribution is 7.80. The standard InChI is InChI=1S/C14H16N2S2/c1-2-15-14(17)16-13(12-9-6-10-18-12)11-7-4-3-5-8-11/h3-10,13H,2H2,1H3,(H2,15,16,17)/t13-/m0/s1. The first-order valence-electron chi connectivity index (χ1n) is 5.94. The minimum atomic E-state index is 0.123. The molecular weight excluding hydrogens is 260 g/mol. The van der Waals surface area contributed by atoms with Crippen LogP contribution in [0, 0.1) is 0 Å². The first-order chi connectivity index (χ1) is 8.81. The van der Waals surface area contributed by atoms with Gasteiger partial charge < -0.3 is 10.6 Å². The molecule has 0 aliphatic heterocycles. The fourth-order valence-electron chi connectivity index (χ4n) is 1.76. The third-order valence-electron chi connectivity index (χ3n) is 2.57. The van der Waals surface area contributed by atoms with Crippen molar-refractivity contribution in [1.29, 1.82) is 0 Å². The summed E-state index contributed by atoms with van der Waals surface area (Å²) < 4.78 is 0. The Kier molecular flexibility index (Phi) is 4.73. The third-order valence-corrected chi connectivity index (χ3v) is 3.77. The number of thiophene rings is 1. The molecule has 4 heteroatoms. The Balaban J connectivity index is 2.22. The molecule has 0 spiro atoms. The van der Waals surface area contributed by atoms with E-state index < -0.39 is 0 Å². The summed E-state index contributed by atoms with van der Waals surface area (Å²) in [5.74, 6) is 0. The molecule has 0 bridgehead atoms. The SMILES string of the molecule is CCNC(=S)N[C@@H](c1ccccc1)c1cccs1. The molecule has 1 aromatic carbocycles. The van der Waals surface area contributed by atoms with Gasteiger partial charge in [0.25, 0.3) is 0 Å². The zero-order valence-electron chi connectivity index (χ0n) is 10.2. The number of nitrogens with one attached hydrogen (secondary N) is 2. The van der Waals surface area contributed by atoms with Crippen LogP contribution < -0.4 is 10.6 Å². The second kappa shape index (κ2) is 6.52. The van der Waals surface area contributed by atoms with Gasteiger partial charge in [0, 0.05) is 11.4 Å². The lowest BCUT2D eigenvalue weighted by molar-refractivity contribution is 0.755. The molecule has 0 fully saturated rings. The highest BCUT2D eigenvalue weighted by atomic mass is 32.1. The van der Waals surface area contributed by atoms with Crippen LogP contribution in [-0.2, 0) is 0 Å². The summed E-state index contributed by atoms with van der Waals surface area (Å²) in [6.07, 6.45) is 0. The van der Waals surface area contributed by atoms with E-state index in [4.69, 9.17) is 12.2 Å². The number of hydrogen-bond donors (Lipinski definition) is 2. The van der Waals surface area contributed by atoms with Crippen LogP contribution >= 0.6 is 23.6 Å². The number of benzene rings is 1. The third kappa shape index (κ3) is 3.31. The Morgan fingerprint density at radius 1 is 1.22 bits per heavy atom. The van der Waals surface area contributed by atoms with E-state index in [1.165, 1.54) is 10.4 Å². The van der Waals surface area contributed by atoms with Gasteiger partial charge in [-0.05, 0) is 36.2 Å². The molecule has 1 heterocycles. The van der Waals surface area contributed by atoms with E-state index in [0.717, 1.165) is 6.54 Å². The Bertz CT molecular complexity index is 480. The molecular formula is C14H16N2S2. The van der Waals surface area contributed by atoms with Crippen molar-refractivity contribution < 1.29 is 0 Å². The molecule has 1 aromatic heterocycles. The summed E-state index contributed by atoms with van der Waals surface area (Å²) in [6.45, 7) is 2.87. The fourth-order valence-corrected chi connectivity index (χ4v) is 2.83. The molecule has 2 rings (SSSR count). The molecule has 0 saturated heterocycles. The normalized spacial score (nSPS) is 11.8. The van der Waals surface area contributed by atoms with Crippen LogP contribution in [0.4, 0.5) is 0 Å². The van der Waals surface area contributed by atoms with Crippen molar-refractivity contribution in [3.05, 3.63) is 58.3 Å². The summed E-state index contributed by atoms with van der Waals surface area (Å²) in [5, 5.41) is 9.28. The lowest BCUT2D eigenvalue weighted by Crippen LogP contribution is -2.37. The quantitative estimate of drug-likeness (QED) is 0.838. The average molecular weight is 276 g/mol. The van der Waals surface area contributed by atoms with Crippen LogP contribution in [0.5, 0.6) is 0 Å². The van der Waals surface area contributed by atoms with Gasteiger partial charge in [-0.25, -0.2) is 0 Å². The maximum atomic E-state index is 5.29. The molecule has 0 saturated carbocycles. The predicted octanol–water partition coefficient (Wildman–Crippen LogP) is 3.32. The van der Waals surface area contributed by atoms with Crippen molar-refractivity contribution in [3.8, 4) is 0 Å². The molecule has 0 radical (unpaired) electrons. The second-order valence-electron chi connectivity index (χ2n) is 3.86. The smallest absolute Gasteiger partial charge is 0.167 e. The molecule has 2 nitrogen and oxygen atoms in total. The van der Waals surface area contributed by atoms with Gasteiger partial charge in [0.2, 0.25) is 0 Å². The molecule has 0 aliphatic carbocycles. The van der Waals surface area contributed by atoms with Gasteiger partial charge in [0.05, 0.1) is 6.04 Å². The van der Waals surface area contributed by atoms with Crippen LogP contribution in [0.2, 0.25) is 0 Å². The average Bonchev–Trinajstić information content (AvgIpc) is 2.91. The van der Waals surface area contributed by atoms with Gasteiger partial charge in [0.1, 0.15) is 0 Å². The highest BCUT2D eigenvalue weighted by Crippen LogP contribution is 2.25. The maximum absolute atomic E-state index is 5.29. The Labute approximate surface area is 117 Å². The minimum Gasteiger partial charge on any atom is -0.363 e. The van der Waals surface area contributed by atoms with E-state index in [2.05, 4.69) is 40.3 Å². The Morgan fingerprint density at radius 2 is 2.00 bits per heavy atom. The largest absolute Gasteiger partial charge is 0.363 e. The van der Waals surface area contributed by atoms with Crippen molar-refractivity contribution in [3.63, 3.8) is 0 Å². The number of rotatable bonds is 4. The van der Waals surface area contributed by atoms with Gasteiger partial charge in [-0.15, -0.1) is 11.3 Å². The van der Waals surface area contributed by atoms with Crippen LogP contribution in [0.15, 0.2) is 47.8 Å².